The number of unbranched alkanes of at least 4 members (excludes halogenated alkanes) is 3. The summed E-state index contributed by atoms with van der Waals surface area (Å²) in [5.41, 5.74) is 0.768. The van der Waals surface area contributed by atoms with Gasteiger partial charge in [0.25, 0.3) is 0 Å². The van der Waals surface area contributed by atoms with Crippen molar-refractivity contribution in [3.63, 3.8) is 0 Å². The van der Waals surface area contributed by atoms with Crippen molar-refractivity contribution in [3.8, 4) is 11.5 Å². The minimum atomic E-state index is -1.08. The van der Waals surface area contributed by atoms with Crippen LogP contribution in [0.4, 0.5) is 0 Å². The maximum absolute atomic E-state index is 11.6. The average molecular weight is 377 g/mol. The van der Waals surface area contributed by atoms with E-state index in [9.17, 15) is 9.90 Å². The lowest BCUT2D eigenvalue weighted by Gasteiger charge is -2.35. The summed E-state index contributed by atoms with van der Waals surface area (Å²) in [5, 5.41) is 11.3. The van der Waals surface area contributed by atoms with Gasteiger partial charge in [0.2, 0.25) is 0 Å². The first-order valence-electron chi connectivity index (χ1n) is 10.3. The number of rotatable bonds is 9. The summed E-state index contributed by atoms with van der Waals surface area (Å²) >= 11 is 0. The molecule has 0 aromatic heterocycles. The molecule has 1 saturated carbocycles. The molecule has 1 aromatic rings. The zero-order chi connectivity index (χ0) is 20.1. The second-order valence-electron chi connectivity index (χ2n) is 8.52. The third-order valence-corrected chi connectivity index (χ3v) is 6.04. The van der Waals surface area contributed by atoms with Crippen molar-refractivity contribution in [3.05, 3.63) is 23.3 Å². The predicted octanol–water partition coefficient (Wildman–Crippen LogP) is 5.28. The Morgan fingerprint density at radius 3 is 2.07 bits per heavy atom. The summed E-state index contributed by atoms with van der Waals surface area (Å²) in [6.45, 7) is 6.73. The predicted molar refractivity (Wildman–Crippen MR) is 109 cm³/mol. The summed E-state index contributed by atoms with van der Waals surface area (Å²) in [6.07, 6.45) is 7.67. The Morgan fingerprint density at radius 1 is 1.04 bits per heavy atom. The molecule has 0 saturated heterocycles. The summed E-state index contributed by atoms with van der Waals surface area (Å²) in [6, 6.07) is 4.10. The number of hydrogen-bond donors (Lipinski definition) is 1. The highest BCUT2D eigenvalue weighted by atomic mass is 16.5. The van der Waals surface area contributed by atoms with Gasteiger partial charge in [-0.15, -0.1) is 0 Å². The first kappa shape index (κ1) is 21.7. The number of methoxy groups -OCH3 is 2. The fourth-order valence-electron chi connectivity index (χ4n) is 4.09. The topological polar surface area (TPSA) is 55.8 Å². The molecule has 152 valence electrons. The molecule has 0 radical (unpaired) electrons. The SMILES string of the molecule is CCCCCCC(C)(C)c1cc(OC)c(C2(O)CCC(=O)CC2)c(OC)c1. The molecule has 1 N–H and O–H groups in total. The number of benzene rings is 1. The number of Topliss-reactive ketones (excluding diaryl/α,β-unsaturated/α-hetero) is 1. The molecular formula is C23H36O4. The van der Waals surface area contributed by atoms with Crippen LogP contribution in [0.2, 0.25) is 0 Å². The smallest absolute Gasteiger partial charge is 0.133 e. The van der Waals surface area contributed by atoms with Gasteiger partial charge in [-0.25, -0.2) is 0 Å². The number of carbonyl (C=O) groups excluding carboxylic acids is 1. The molecule has 1 aromatic carbocycles. The second kappa shape index (κ2) is 9.09. The van der Waals surface area contributed by atoms with E-state index in [1.165, 1.54) is 25.7 Å². The van der Waals surface area contributed by atoms with Crippen LogP contribution >= 0.6 is 0 Å². The number of hydrogen-bond acceptors (Lipinski definition) is 4. The van der Waals surface area contributed by atoms with E-state index in [0.29, 0.717) is 42.7 Å². The molecular weight excluding hydrogens is 340 g/mol. The van der Waals surface area contributed by atoms with E-state index in [4.69, 9.17) is 9.47 Å². The van der Waals surface area contributed by atoms with Crippen LogP contribution in [-0.2, 0) is 15.8 Å². The van der Waals surface area contributed by atoms with E-state index < -0.39 is 5.60 Å². The number of ether oxygens (including phenoxy) is 2. The number of aliphatic hydroxyl groups is 1. The molecule has 0 spiro atoms. The molecule has 0 amide bonds. The van der Waals surface area contributed by atoms with Crippen LogP contribution in [0.15, 0.2) is 12.1 Å². The van der Waals surface area contributed by atoms with E-state index >= 15 is 0 Å². The Morgan fingerprint density at radius 2 is 1.59 bits per heavy atom. The second-order valence-corrected chi connectivity index (χ2v) is 8.52. The maximum Gasteiger partial charge on any atom is 0.133 e. The van der Waals surface area contributed by atoms with Crippen LogP contribution in [-0.4, -0.2) is 25.1 Å². The van der Waals surface area contributed by atoms with Crippen molar-refractivity contribution < 1.29 is 19.4 Å². The standard InChI is InChI=1S/C23H36O4/c1-6-7-8-9-12-22(2,3)17-15-19(26-4)21(20(16-17)27-5)23(25)13-10-18(24)11-14-23/h15-16,25H,6-14H2,1-5H3. The van der Waals surface area contributed by atoms with Crippen molar-refractivity contribution >= 4 is 5.78 Å². The van der Waals surface area contributed by atoms with Crippen molar-refractivity contribution in [1.82, 2.24) is 0 Å². The third-order valence-electron chi connectivity index (χ3n) is 6.04. The lowest BCUT2D eigenvalue weighted by molar-refractivity contribution is -0.125. The zero-order valence-electron chi connectivity index (χ0n) is 17.7. The van der Waals surface area contributed by atoms with Crippen LogP contribution in [0.1, 0.15) is 89.7 Å². The minimum Gasteiger partial charge on any atom is -0.496 e. The average Bonchev–Trinajstić information content (AvgIpc) is 2.66. The molecule has 0 heterocycles. The quantitative estimate of drug-likeness (QED) is 0.596. The van der Waals surface area contributed by atoms with Gasteiger partial charge in [0.15, 0.2) is 0 Å². The Labute approximate surface area is 164 Å². The van der Waals surface area contributed by atoms with Gasteiger partial charge in [0, 0.05) is 12.8 Å². The molecule has 4 heteroatoms. The van der Waals surface area contributed by atoms with E-state index in [-0.39, 0.29) is 11.2 Å². The van der Waals surface area contributed by atoms with E-state index in [1.54, 1.807) is 14.2 Å². The maximum atomic E-state index is 11.6. The Hall–Kier alpha value is -1.55. The highest BCUT2D eigenvalue weighted by molar-refractivity contribution is 5.79. The Balaban J connectivity index is 2.37. The van der Waals surface area contributed by atoms with Crippen LogP contribution in [0.5, 0.6) is 11.5 Å². The fourth-order valence-corrected chi connectivity index (χ4v) is 4.09. The van der Waals surface area contributed by atoms with Crippen molar-refractivity contribution in [1.29, 1.82) is 0 Å². The summed E-state index contributed by atoms with van der Waals surface area (Å²) in [7, 11) is 3.27. The Kier molecular flexibility index (Phi) is 7.32. The van der Waals surface area contributed by atoms with Gasteiger partial charge in [0.1, 0.15) is 17.3 Å². The first-order chi connectivity index (χ1) is 12.8. The molecule has 27 heavy (non-hydrogen) atoms. The van der Waals surface area contributed by atoms with Crippen LogP contribution < -0.4 is 9.47 Å². The van der Waals surface area contributed by atoms with Gasteiger partial charge in [-0.3, -0.25) is 4.79 Å². The Bertz CT molecular complexity index is 613. The largest absolute Gasteiger partial charge is 0.496 e. The fraction of sp³-hybridized carbons (Fsp3) is 0.696. The minimum absolute atomic E-state index is 0.00200. The van der Waals surface area contributed by atoms with Gasteiger partial charge < -0.3 is 14.6 Å². The summed E-state index contributed by atoms with van der Waals surface area (Å²) < 4.78 is 11.4. The molecule has 0 bridgehead atoms. The zero-order valence-corrected chi connectivity index (χ0v) is 17.7. The van der Waals surface area contributed by atoms with Gasteiger partial charge >= 0.3 is 0 Å². The van der Waals surface area contributed by atoms with Crippen molar-refractivity contribution in [2.75, 3.05) is 14.2 Å². The summed E-state index contributed by atoms with van der Waals surface area (Å²) in [5.74, 6) is 1.52. The highest BCUT2D eigenvalue weighted by Crippen LogP contribution is 2.47. The molecule has 0 unspecified atom stereocenters. The lowest BCUT2D eigenvalue weighted by atomic mass is 9.75. The van der Waals surface area contributed by atoms with Crippen LogP contribution in [0, 0.1) is 0 Å². The lowest BCUT2D eigenvalue weighted by Crippen LogP contribution is -2.33. The van der Waals surface area contributed by atoms with E-state index in [0.717, 1.165) is 12.0 Å². The van der Waals surface area contributed by atoms with Gasteiger partial charge in [-0.1, -0.05) is 46.5 Å². The number of carbonyl (C=O) groups is 1. The van der Waals surface area contributed by atoms with Gasteiger partial charge in [0.05, 0.1) is 25.4 Å². The van der Waals surface area contributed by atoms with E-state index in [1.807, 2.05) is 12.1 Å². The monoisotopic (exact) mass is 376 g/mol. The van der Waals surface area contributed by atoms with Crippen LogP contribution in [0.25, 0.3) is 0 Å². The van der Waals surface area contributed by atoms with E-state index in [2.05, 4.69) is 20.8 Å². The van der Waals surface area contributed by atoms with Gasteiger partial charge in [-0.2, -0.15) is 0 Å². The van der Waals surface area contributed by atoms with Crippen molar-refractivity contribution in [2.45, 2.75) is 89.6 Å². The van der Waals surface area contributed by atoms with Gasteiger partial charge in [-0.05, 0) is 42.4 Å². The molecule has 4 nitrogen and oxygen atoms in total. The third kappa shape index (κ3) is 5.04. The molecule has 0 atom stereocenters. The summed E-state index contributed by atoms with van der Waals surface area (Å²) in [4.78, 5) is 11.6. The molecule has 1 fully saturated rings. The molecule has 0 aliphatic heterocycles. The molecule has 2 rings (SSSR count). The molecule has 1 aliphatic rings. The normalized spacial score (nSPS) is 17.0. The van der Waals surface area contributed by atoms with Crippen LogP contribution in [0.3, 0.4) is 0 Å². The molecule has 1 aliphatic carbocycles. The number of ketones is 1. The first-order valence-corrected chi connectivity index (χ1v) is 10.3. The van der Waals surface area contributed by atoms with Crippen molar-refractivity contribution in [2.24, 2.45) is 0 Å². The highest BCUT2D eigenvalue weighted by Gasteiger charge is 2.39.